The van der Waals surface area contributed by atoms with E-state index in [0.29, 0.717) is 18.6 Å². The first-order valence-electron chi connectivity index (χ1n) is 14.7. The van der Waals surface area contributed by atoms with Crippen molar-refractivity contribution in [2.75, 3.05) is 20.6 Å². The van der Waals surface area contributed by atoms with Gasteiger partial charge in [0, 0.05) is 11.1 Å². The second-order valence-corrected chi connectivity index (χ2v) is 12.0. The number of hydrogen-bond acceptors (Lipinski definition) is 1. The minimum absolute atomic E-state index is 0.180. The molecule has 0 radical (unpaired) electrons. The molecule has 0 bridgehead atoms. The van der Waals surface area contributed by atoms with E-state index in [1.54, 1.807) is 19.1 Å². The first-order valence-corrected chi connectivity index (χ1v) is 14.7. The van der Waals surface area contributed by atoms with Crippen LogP contribution in [0.5, 0.6) is 0 Å². The summed E-state index contributed by atoms with van der Waals surface area (Å²) in [5.41, 5.74) is -2.34. The van der Waals surface area contributed by atoms with Crippen molar-refractivity contribution in [1.29, 1.82) is 0 Å². The number of hydrogen-bond donors (Lipinski definition) is 0. The van der Waals surface area contributed by atoms with Gasteiger partial charge in [-0.25, -0.2) is 0 Å². The van der Waals surface area contributed by atoms with E-state index in [2.05, 4.69) is 0 Å². The molecule has 0 unspecified atom stereocenters. The molecule has 0 aliphatic rings. The molecule has 13 heteroatoms. The summed E-state index contributed by atoms with van der Waals surface area (Å²) in [6, 6.07) is 9.42. The summed E-state index contributed by atoms with van der Waals surface area (Å²) in [6.45, 7) is 3.79. The molecule has 0 heterocycles. The molecule has 0 N–H and O–H groups in total. The van der Waals surface area contributed by atoms with Gasteiger partial charge in [0.2, 0.25) is 0 Å². The average molecular weight is 686 g/mol. The smallest absolute Gasteiger partial charge is 0.309 e. The lowest BCUT2D eigenvalue weighted by atomic mass is 9.86. The molecule has 0 aliphatic carbocycles. The molecular formula is C34H35F12N. The van der Waals surface area contributed by atoms with Crippen LogP contribution in [0.2, 0.25) is 0 Å². The summed E-state index contributed by atoms with van der Waals surface area (Å²) < 4.78 is 177. The van der Waals surface area contributed by atoms with E-state index in [1.807, 2.05) is 19.0 Å². The van der Waals surface area contributed by atoms with Gasteiger partial charge in [-0.3, -0.25) is 0 Å². The fraction of sp³-hybridized carbons (Fsp3) is 0.471. The maximum Gasteiger partial charge on any atom is 0.385 e. The van der Waals surface area contributed by atoms with E-state index in [1.165, 1.54) is 12.1 Å². The van der Waals surface area contributed by atoms with Crippen molar-refractivity contribution in [2.45, 2.75) is 81.5 Å². The van der Waals surface area contributed by atoms with E-state index in [4.69, 9.17) is 0 Å². The van der Waals surface area contributed by atoms with E-state index < -0.39 is 46.7 Å². The van der Waals surface area contributed by atoms with Crippen LogP contribution in [0.3, 0.4) is 0 Å². The fourth-order valence-corrected chi connectivity index (χ4v) is 5.10. The SMILES string of the molecule is Cc1cccc(C(F)(F)C(F)(F)C(F)(F)C(F)(F)C(F)(F)C(F)(F)c2cccc(-c3ccc(C)c(CCCCCCN(C)C)c3)c2)c1. The van der Waals surface area contributed by atoms with Gasteiger partial charge in [0.1, 0.15) is 0 Å². The molecule has 0 amide bonds. The first-order chi connectivity index (χ1) is 21.5. The van der Waals surface area contributed by atoms with E-state index >= 15 is 8.78 Å². The maximum absolute atomic E-state index is 15.2. The Morgan fingerprint density at radius 3 is 1.53 bits per heavy atom. The van der Waals surface area contributed by atoms with Gasteiger partial charge in [-0.05, 0) is 88.1 Å². The molecule has 0 atom stereocenters. The van der Waals surface area contributed by atoms with Crippen LogP contribution in [-0.2, 0) is 18.3 Å². The molecule has 0 aliphatic heterocycles. The molecule has 3 aromatic carbocycles. The highest BCUT2D eigenvalue weighted by atomic mass is 19.4. The largest absolute Gasteiger partial charge is 0.385 e. The van der Waals surface area contributed by atoms with Crippen molar-refractivity contribution >= 4 is 0 Å². The number of aryl methyl sites for hydroxylation is 3. The van der Waals surface area contributed by atoms with Crippen LogP contribution in [0, 0.1) is 13.8 Å². The number of nitrogens with zero attached hydrogens (tertiary/aromatic N) is 1. The monoisotopic (exact) mass is 685 g/mol. The number of benzene rings is 3. The minimum Gasteiger partial charge on any atom is -0.309 e. The summed E-state index contributed by atoms with van der Waals surface area (Å²) in [7, 11) is 3.91. The molecule has 0 aromatic heterocycles. The molecule has 47 heavy (non-hydrogen) atoms. The highest BCUT2D eigenvalue weighted by Crippen LogP contribution is 2.63. The Kier molecular flexibility index (Phi) is 11.2. The Morgan fingerprint density at radius 2 is 1.00 bits per heavy atom. The maximum atomic E-state index is 15.2. The van der Waals surface area contributed by atoms with Gasteiger partial charge in [0.05, 0.1) is 0 Å². The molecule has 260 valence electrons. The number of alkyl halides is 12. The van der Waals surface area contributed by atoms with Crippen molar-refractivity contribution < 1.29 is 52.7 Å². The minimum atomic E-state index is -7.67. The molecule has 0 fully saturated rings. The van der Waals surface area contributed by atoms with E-state index in [9.17, 15) is 43.9 Å². The predicted molar refractivity (Wildman–Crippen MR) is 156 cm³/mol. The zero-order chi connectivity index (χ0) is 35.6. The Hall–Kier alpha value is -3.22. The van der Waals surface area contributed by atoms with Crippen LogP contribution in [-0.4, -0.2) is 49.2 Å². The fourth-order valence-electron chi connectivity index (χ4n) is 5.10. The van der Waals surface area contributed by atoms with Crippen molar-refractivity contribution in [3.8, 4) is 11.1 Å². The van der Waals surface area contributed by atoms with Crippen molar-refractivity contribution in [2.24, 2.45) is 0 Å². The zero-order valence-corrected chi connectivity index (χ0v) is 26.1. The molecule has 3 aromatic rings. The predicted octanol–water partition coefficient (Wildman–Crippen LogP) is 11.1. The summed E-state index contributed by atoms with van der Waals surface area (Å²) in [5, 5.41) is 0. The Morgan fingerprint density at radius 1 is 0.511 bits per heavy atom. The number of rotatable bonds is 15. The molecule has 0 spiro atoms. The third kappa shape index (κ3) is 7.15. The van der Waals surface area contributed by atoms with E-state index in [0.717, 1.165) is 62.4 Å². The van der Waals surface area contributed by atoms with Crippen LogP contribution in [0.15, 0.2) is 66.7 Å². The van der Waals surface area contributed by atoms with Gasteiger partial charge >= 0.3 is 35.5 Å². The standard InChI is InChI=1S/C34H35F12N/c1-22-11-9-14-27(19-22)29(35,36)31(39,40)33(43,44)34(45,46)32(41,42)30(37,38)28-15-10-13-25(21-28)26-17-16-23(2)24(20-26)12-7-5-6-8-18-47(3)4/h9-11,13-17,19-21H,5-8,12,18H2,1-4H3. The highest BCUT2D eigenvalue weighted by molar-refractivity contribution is 5.66. The molecular weight excluding hydrogens is 650 g/mol. The van der Waals surface area contributed by atoms with Crippen molar-refractivity contribution in [3.63, 3.8) is 0 Å². The van der Waals surface area contributed by atoms with Gasteiger partial charge in [0.25, 0.3) is 0 Å². The van der Waals surface area contributed by atoms with Gasteiger partial charge in [0.15, 0.2) is 0 Å². The van der Waals surface area contributed by atoms with Gasteiger partial charge in [-0.2, -0.15) is 52.7 Å². The zero-order valence-electron chi connectivity index (χ0n) is 26.1. The lowest BCUT2D eigenvalue weighted by Crippen LogP contribution is -2.69. The van der Waals surface area contributed by atoms with Crippen LogP contribution in [0.1, 0.15) is 53.5 Å². The van der Waals surface area contributed by atoms with Crippen LogP contribution < -0.4 is 0 Å². The normalized spacial score (nSPS) is 13.8. The second-order valence-electron chi connectivity index (χ2n) is 12.0. The third-order valence-corrected chi connectivity index (χ3v) is 8.06. The lowest BCUT2D eigenvalue weighted by Gasteiger charge is -2.41. The summed E-state index contributed by atoms with van der Waals surface area (Å²) >= 11 is 0. The molecule has 0 saturated carbocycles. The van der Waals surface area contributed by atoms with Gasteiger partial charge in [-0.15, -0.1) is 0 Å². The third-order valence-electron chi connectivity index (χ3n) is 8.06. The topological polar surface area (TPSA) is 3.24 Å². The van der Waals surface area contributed by atoms with E-state index in [-0.39, 0.29) is 34.9 Å². The first kappa shape index (κ1) is 38.2. The van der Waals surface area contributed by atoms with Crippen LogP contribution in [0.25, 0.3) is 11.1 Å². The summed E-state index contributed by atoms with van der Waals surface area (Å²) in [6.07, 6.45) is 4.19. The number of unbranched alkanes of at least 4 members (excludes halogenated alkanes) is 3. The van der Waals surface area contributed by atoms with Gasteiger partial charge < -0.3 is 4.90 Å². The quantitative estimate of drug-likeness (QED) is 0.114. The summed E-state index contributed by atoms with van der Waals surface area (Å²) in [4.78, 5) is 2.05. The Labute approximate surface area is 265 Å². The highest BCUT2D eigenvalue weighted by Gasteiger charge is 2.90. The molecule has 0 saturated heterocycles. The van der Waals surface area contributed by atoms with Gasteiger partial charge in [-0.1, -0.05) is 73.0 Å². The Balaban J connectivity index is 1.94. The van der Waals surface area contributed by atoms with Crippen molar-refractivity contribution in [1.82, 2.24) is 4.90 Å². The average Bonchev–Trinajstić information content (AvgIpc) is 2.99. The Bertz CT molecular complexity index is 1510. The lowest BCUT2D eigenvalue weighted by molar-refractivity contribution is -0.429. The van der Waals surface area contributed by atoms with Crippen LogP contribution >= 0.6 is 0 Å². The number of halogens is 12. The summed E-state index contributed by atoms with van der Waals surface area (Å²) in [5.74, 6) is -42.2. The molecule has 3 rings (SSSR count). The van der Waals surface area contributed by atoms with Crippen LogP contribution in [0.4, 0.5) is 52.7 Å². The van der Waals surface area contributed by atoms with Crippen molar-refractivity contribution in [3.05, 3.63) is 94.5 Å². The second kappa shape index (κ2) is 13.7. The molecule has 1 nitrogen and oxygen atoms in total.